The number of fused-ring (bicyclic) bond motifs is 1. The molecule has 1 aliphatic heterocycles. The van der Waals surface area contributed by atoms with Crippen molar-refractivity contribution in [2.45, 2.75) is 24.7 Å². The van der Waals surface area contributed by atoms with E-state index in [0.717, 1.165) is 5.39 Å². The first-order valence-electron chi connectivity index (χ1n) is 7.01. The van der Waals surface area contributed by atoms with Gasteiger partial charge in [0.1, 0.15) is 0 Å². The summed E-state index contributed by atoms with van der Waals surface area (Å²) in [5.41, 5.74) is 1.11. The van der Waals surface area contributed by atoms with E-state index < -0.39 is 18.3 Å². The summed E-state index contributed by atoms with van der Waals surface area (Å²) in [4.78, 5) is 8.82. The molecular formula is C14H15AsN4O4. The Labute approximate surface area is 141 Å². The van der Waals surface area contributed by atoms with Crippen molar-refractivity contribution in [2.24, 2.45) is 0 Å². The summed E-state index contributed by atoms with van der Waals surface area (Å²) in [6.07, 6.45) is -1.46. The second kappa shape index (κ2) is 6.95. The van der Waals surface area contributed by atoms with Crippen LogP contribution in [0.4, 0.5) is 0 Å². The summed E-state index contributed by atoms with van der Waals surface area (Å²) in [5.74, 6) is 6.22. The third kappa shape index (κ3) is 3.25. The van der Waals surface area contributed by atoms with Crippen molar-refractivity contribution < 1.29 is 19.7 Å². The number of rotatable bonds is 3. The first kappa shape index (κ1) is 16.4. The second-order valence-electron chi connectivity index (χ2n) is 5.09. The number of hydrogen-bond acceptors (Lipinski definition) is 7. The van der Waals surface area contributed by atoms with Gasteiger partial charge in [-0.25, -0.2) is 0 Å². The molecule has 0 bridgehead atoms. The molecule has 1 saturated heterocycles. The molecule has 23 heavy (non-hydrogen) atoms. The quantitative estimate of drug-likeness (QED) is 0.432. The van der Waals surface area contributed by atoms with E-state index in [1.807, 2.05) is 0 Å². The number of aromatic nitrogens is 4. The zero-order chi connectivity index (χ0) is 16.4. The van der Waals surface area contributed by atoms with Gasteiger partial charge in [0.2, 0.25) is 0 Å². The van der Waals surface area contributed by atoms with Crippen molar-refractivity contribution in [3.05, 3.63) is 11.5 Å². The van der Waals surface area contributed by atoms with Gasteiger partial charge in [-0.15, -0.1) is 0 Å². The SMILES string of the molecule is COCC#Cc1[nH]nc2nc(C3CC(O)C(CO)O3)nc([As])c12. The summed E-state index contributed by atoms with van der Waals surface area (Å²) in [6.45, 7) is 0.0836. The molecule has 1 aliphatic rings. The van der Waals surface area contributed by atoms with Crippen LogP contribution in [0.25, 0.3) is 11.0 Å². The monoisotopic (exact) mass is 378 g/mol. The summed E-state index contributed by atoms with van der Waals surface area (Å²) in [5, 5.41) is 26.7. The van der Waals surface area contributed by atoms with Gasteiger partial charge in [-0.05, 0) is 0 Å². The number of aromatic amines is 1. The molecule has 2 aromatic heterocycles. The van der Waals surface area contributed by atoms with Gasteiger partial charge in [0.15, 0.2) is 0 Å². The topological polar surface area (TPSA) is 113 Å². The second-order valence-corrected chi connectivity index (χ2v) is 5.97. The number of aliphatic hydroxyl groups excluding tert-OH is 2. The summed E-state index contributed by atoms with van der Waals surface area (Å²) in [7, 11) is 1.58. The van der Waals surface area contributed by atoms with E-state index in [0.29, 0.717) is 34.7 Å². The van der Waals surface area contributed by atoms with Crippen LogP contribution in [0.1, 0.15) is 24.0 Å². The van der Waals surface area contributed by atoms with E-state index >= 15 is 0 Å². The fourth-order valence-corrected chi connectivity index (χ4v) is 3.07. The maximum absolute atomic E-state index is 9.83. The van der Waals surface area contributed by atoms with Crippen LogP contribution in [0.5, 0.6) is 0 Å². The zero-order valence-electron chi connectivity index (χ0n) is 12.4. The zero-order valence-corrected chi connectivity index (χ0v) is 14.2. The Morgan fingerprint density at radius 1 is 1.48 bits per heavy atom. The van der Waals surface area contributed by atoms with Gasteiger partial charge in [0.05, 0.1) is 0 Å². The molecule has 3 atom stereocenters. The fraction of sp³-hybridized carbons (Fsp3) is 0.500. The van der Waals surface area contributed by atoms with Gasteiger partial charge in [-0.3, -0.25) is 0 Å². The van der Waals surface area contributed by atoms with Crippen molar-refractivity contribution in [1.82, 2.24) is 20.2 Å². The molecule has 3 unspecified atom stereocenters. The normalized spacial score (nSPS) is 23.9. The van der Waals surface area contributed by atoms with Crippen LogP contribution in [-0.2, 0) is 9.47 Å². The predicted molar refractivity (Wildman–Crippen MR) is 81.1 cm³/mol. The van der Waals surface area contributed by atoms with Crippen LogP contribution in [-0.4, -0.2) is 79.8 Å². The maximum atomic E-state index is 9.83. The van der Waals surface area contributed by atoms with Crippen molar-refractivity contribution >= 4 is 32.4 Å². The number of nitrogens with zero attached hydrogens (tertiary/aromatic N) is 3. The van der Waals surface area contributed by atoms with Crippen LogP contribution in [0.3, 0.4) is 0 Å². The molecule has 1 fully saturated rings. The average Bonchev–Trinajstić information content (AvgIpc) is 3.11. The summed E-state index contributed by atoms with van der Waals surface area (Å²) >= 11 is 2.37. The number of methoxy groups -OCH3 is 1. The van der Waals surface area contributed by atoms with Gasteiger partial charge in [-0.1, -0.05) is 0 Å². The number of nitrogens with one attached hydrogen (secondary N) is 1. The van der Waals surface area contributed by atoms with Crippen molar-refractivity contribution in [2.75, 3.05) is 20.3 Å². The van der Waals surface area contributed by atoms with Crippen molar-refractivity contribution in [3.8, 4) is 11.8 Å². The Morgan fingerprint density at radius 2 is 2.30 bits per heavy atom. The molecule has 2 radical (unpaired) electrons. The molecule has 2 aromatic rings. The molecule has 3 heterocycles. The van der Waals surface area contributed by atoms with Gasteiger partial charge in [-0.2, -0.15) is 0 Å². The van der Waals surface area contributed by atoms with Gasteiger partial charge >= 0.3 is 141 Å². The minimum absolute atomic E-state index is 0.239. The minimum atomic E-state index is -0.728. The number of H-pyrrole nitrogens is 1. The molecule has 0 amide bonds. The molecule has 0 spiro atoms. The number of ether oxygens (including phenoxy) is 2. The van der Waals surface area contributed by atoms with Crippen LogP contribution in [0.15, 0.2) is 0 Å². The third-order valence-corrected chi connectivity index (χ3v) is 4.21. The first-order valence-corrected chi connectivity index (χ1v) is 7.95. The predicted octanol–water partition coefficient (Wildman–Crippen LogP) is -1.67. The Kier molecular flexibility index (Phi) is 4.95. The van der Waals surface area contributed by atoms with Gasteiger partial charge in [0, 0.05) is 0 Å². The first-order chi connectivity index (χ1) is 11.1. The Morgan fingerprint density at radius 3 is 3.00 bits per heavy atom. The van der Waals surface area contributed by atoms with E-state index in [4.69, 9.17) is 14.6 Å². The fourth-order valence-electron chi connectivity index (χ4n) is 2.41. The van der Waals surface area contributed by atoms with Crippen LogP contribution in [0, 0.1) is 11.8 Å². The number of aliphatic hydroxyl groups is 2. The van der Waals surface area contributed by atoms with E-state index in [1.165, 1.54) is 0 Å². The molecule has 9 heteroatoms. The van der Waals surface area contributed by atoms with E-state index in [-0.39, 0.29) is 6.61 Å². The van der Waals surface area contributed by atoms with E-state index in [9.17, 15) is 5.11 Å². The molecule has 0 aliphatic carbocycles. The summed E-state index contributed by atoms with van der Waals surface area (Å²) in [6, 6.07) is 0. The van der Waals surface area contributed by atoms with Crippen LogP contribution >= 0.6 is 0 Å². The molecule has 0 saturated carbocycles. The average molecular weight is 378 g/mol. The Bertz CT molecular complexity index is 769. The molecule has 3 N–H and O–H groups in total. The van der Waals surface area contributed by atoms with Gasteiger partial charge in [0.25, 0.3) is 0 Å². The molecule has 3 rings (SSSR count). The number of hydrogen-bond donors (Lipinski definition) is 3. The Hall–Kier alpha value is -1.49. The van der Waals surface area contributed by atoms with Crippen molar-refractivity contribution in [1.29, 1.82) is 0 Å². The van der Waals surface area contributed by atoms with Crippen LogP contribution in [0.2, 0.25) is 0 Å². The third-order valence-electron chi connectivity index (χ3n) is 3.53. The van der Waals surface area contributed by atoms with E-state index in [2.05, 4.69) is 48.9 Å². The standard InChI is InChI=1S/C14H15AsN4O4/c1-22-4-2-3-7-11-12(15)16-13(17-14(11)19-18-7)9-5-8(21)10(6-20)23-9/h8-10,20-21H,4-6H2,1H3,(H,16,17,18,19). The molecule has 0 aromatic carbocycles. The summed E-state index contributed by atoms with van der Waals surface area (Å²) < 4.78 is 11.1. The van der Waals surface area contributed by atoms with Crippen molar-refractivity contribution in [3.63, 3.8) is 0 Å². The van der Waals surface area contributed by atoms with E-state index in [1.54, 1.807) is 7.11 Å². The van der Waals surface area contributed by atoms with Gasteiger partial charge < -0.3 is 0 Å². The molecule has 120 valence electrons. The molecular weight excluding hydrogens is 363 g/mol. The molecule has 8 nitrogen and oxygen atoms in total. The Balaban J connectivity index is 1.93. The van der Waals surface area contributed by atoms with Crippen LogP contribution < -0.4 is 4.48 Å².